The Morgan fingerprint density at radius 3 is 2.50 bits per heavy atom. The third-order valence-corrected chi connectivity index (χ3v) is 5.44. The highest BCUT2D eigenvalue weighted by Gasteiger charge is 2.20. The molecule has 4 heterocycles. The number of piperidine rings is 1. The van der Waals surface area contributed by atoms with Gasteiger partial charge in [0.15, 0.2) is 0 Å². The van der Waals surface area contributed by atoms with Crippen LogP contribution in [0.4, 0.5) is 11.9 Å². The standard InChI is InChI=1S/C19H26N6O/c1-13-5-9-25(10-6-13)19-22-16(11-17(26)23-19)15-12-20-18(21-14(15)2)24-7-3-4-8-24/h11-13H,3-10H2,1-2H3,(H,22,23,26). The molecule has 1 N–H and O–H groups in total. The van der Waals surface area contributed by atoms with Crippen molar-refractivity contribution in [2.24, 2.45) is 5.92 Å². The molecule has 0 bridgehead atoms. The highest BCUT2D eigenvalue weighted by molar-refractivity contribution is 5.62. The van der Waals surface area contributed by atoms with Crippen LogP contribution in [0.25, 0.3) is 11.3 Å². The fourth-order valence-corrected chi connectivity index (χ4v) is 3.73. The summed E-state index contributed by atoms with van der Waals surface area (Å²) in [6.07, 6.45) is 6.44. The Hall–Kier alpha value is -2.44. The minimum absolute atomic E-state index is 0.133. The molecule has 0 radical (unpaired) electrons. The van der Waals surface area contributed by atoms with Crippen LogP contribution in [0.15, 0.2) is 17.1 Å². The van der Waals surface area contributed by atoms with E-state index >= 15 is 0 Å². The largest absolute Gasteiger partial charge is 0.342 e. The SMILES string of the molecule is Cc1nc(N2CCCC2)ncc1-c1cc(=O)[nH]c(N2CCC(C)CC2)n1. The molecule has 0 unspecified atom stereocenters. The Balaban J connectivity index is 1.64. The van der Waals surface area contributed by atoms with Crippen molar-refractivity contribution in [2.45, 2.75) is 39.5 Å². The maximum absolute atomic E-state index is 12.2. The van der Waals surface area contributed by atoms with Gasteiger partial charge in [0.1, 0.15) is 0 Å². The van der Waals surface area contributed by atoms with Gasteiger partial charge in [-0.25, -0.2) is 15.0 Å². The van der Waals surface area contributed by atoms with Gasteiger partial charge in [-0.3, -0.25) is 9.78 Å². The number of anilines is 2. The van der Waals surface area contributed by atoms with Gasteiger partial charge < -0.3 is 9.80 Å². The van der Waals surface area contributed by atoms with E-state index in [4.69, 9.17) is 4.98 Å². The van der Waals surface area contributed by atoms with Crippen molar-refractivity contribution in [3.8, 4) is 11.3 Å². The average Bonchev–Trinajstić information content (AvgIpc) is 3.16. The summed E-state index contributed by atoms with van der Waals surface area (Å²) < 4.78 is 0. The molecule has 2 aliphatic heterocycles. The number of nitrogens with zero attached hydrogens (tertiary/aromatic N) is 5. The van der Waals surface area contributed by atoms with Gasteiger partial charge >= 0.3 is 0 Å². The summed E-state index contributed by atoms with van der Waals surface area (Å²) in [5, 5.41) is 0. The van der Waals surface area contributed by atoms with E-state index in [0.717, 1.165) is 62.1 Å². The number of aromatic nitrogens is 4. The summed E-state index contributed by atoms with van der Waals surface area (Å²) in [6, 6.07) is 1.54. The van der Waals surface area contributed by atoms with Crippen LogP contribution in [0.3, 0.4) is 0 Å². The van der Waals surface area contributed by atoms with Gasteiger partial charge in [0.05, 0.1) is 11.4 Å². The Morgan fingerprint density at radius 2 is 1.81 bits per heavy atom. The van der Waals surface area contributed by atoms with Crippen LogP contribution < -0.4 is 15.4 Å². The van der Waals surface area contributed by atoms with Crippen LogP contribution in [0.1, 0.15) is 38.3 Å². The summed E-state index contributed by atoms with van der Waals surface area (Å²) in [4.78, 5) is 33.4. The number of rotatable bonds is 3. The Bertz CT molecular complexity index is 834. The van der Waals surface area contributed by atoms with Gasteiger partial charge in [0, 0.05) is 44.0 Å². The molecule has 2 aromatic heterocycles. The van der Waals surface area contributed by atoms with E-state index in [2.05, 4.69) is 31.7 Å². The third kappa shape index (κ3) is 3.43. The number of H-pyrrole nitrogens is 1. The van der Waals surface area contributed by atoms with Gasteiger partial charge in [-0.05, 0) is 38.5 Å². The molecule has 0 spiro atoms. The maximum atomic E-state index is 12.2. The predicted octanol–water partition coefficient (Wildman–Crippen LogP) is 2.37. The lowest BCUT2D eigenvalue weighted by molar-refractivity contribution is 0.434. The number of aromatic amines is 1. The van der Waals surface area contributed by atoms with E-state index < -0.39 is 0 Å². The predicted molar refractivity (Wildman–Crippen MR) is 103 cm³/mol. The summed E-state index contributed by atoms with van der Waals surface area (Å²) in [7, 11) is 0. The summed E-state index contributed by atoms with van der Waals surface area (Å²) in [6.45, 7) is 8.11. The van der Waals surface area contributed by atoms with E-state index in [1.807, 2.05) is 6.92 Å². The van der Waals surface area contributed by atoms with Crippen molar-refractivity contribution in [2.75, 3.05) is 36.0 Å². The number of hydrogen-bond acceptors (Lipinski definition) is 6. The lowest BCUT2D eigenvalue weighted by Crippen LogP contribution is -2.35. The second-order valence-electron chi connectivity index (χ2n) is 7.49. The molecule has 0 aliphatic carbocycles. The molecule has 2 aromatic rings. The quantitative estimate of drug-likeness (QED) is 0.912. The minimum atomic E-state index is -0.133. The van der Waals surface area contributed by atoms with E-state index in [1.54, 1.807) is 6.20 Å². The van der Waals surface area contributed by atoms with Gasteiger partial charge in [-0.2, -0.15) is 0 Å². The molecule has 2 saturated heterocycles. The van der Waals surface area contributed by atoms with E-state index in [1.165, 1.54) is 18.9 Å². The molecule has 2 aliphatic rings. The highest BCUT2D eigenvalue weighted by Crippen LogP contribution is 2.25. The maximum Gasteiger partial charge on any atom is 0.252 e. The Kier molecular flexibility index (Phi) is 4.61. The highest BCUT2D eigenvalue weighted by atomic mass is 16.1. The molecular formula is C19H26N6O. The van der Waals surface area contributed by atoms with Gasteiger partial charge in [0.2, 0.25) is 11.9 Å². The normalized spacial score (nSPS) is 18.5. The zero-order valence-electron chi connectivity index (χ0n) is 15.5. The summed E-state index contributed by atoms with van der Waals surface area (Å²) >= 11 is 0. The summed E-state index contributed by atoms with van der Waals surface area (Å²) in [5.74, 6) is 2.16. The van der Waals surface area contributed by atoms with Crippen LogP contribution in [0.5, 0.6) is 0 Å². The molecule has 138 valence electrons. The summed E-state index contributed by atoms with van der Waals surface area (Å²) in [5.41, 5.74) is 2.20. The first kappa shape index (κ1) is 17.0. The van der Waals surface area contributed by atoms with Gasteiger partial charge in [0.25, 0.3) is 5.56 Å². The first-order chi connectivity index (χ1) is 12.6. The second kappa shape index (κ2) is 7.05. The first-order valence-electron chi connectivity index (χ1n) is 9.55. The minimum Gasteiger partial charge on any atom is -0.342 e. The van der Waals surface area contributed by atoms with Crippen LogP contribution in [-0.4, -0.2) is 46.1 Å². The topological polar surface area (TPSA) is 78.0 Å². The Morgan fingerprint density at radius 1 is 1.08 bits per heavy atom. The molecule has 4 rings (SSSR count). The lowest BCUT2D eigenvalue weighted by Gasteiger charge is -2.30. The fourth-order valence-electron chi connectivity index (χ4n) is 3.73. The van der Waals surface area contributed by atoms with Crippen molar-refractivity contribution >= 4 is 11.9 Å². The van der Waals surface area contributed by atoms with Crippen molar-refractivity contribution in [1.29, 1.82) is 0 Å². The molecule has 0 saturated carbocycles. The molecule has 26 heavy (non-hydrogen) atoms. The average molecular weight is 354 g/mol. The van der Waals surface area contributed by atoms with Crippen LogP contribution in [0, 0.1) is 12.8 Å². The van der Waals surface area contributed by atoms with E-state index in [0.29, 0.717) is 11.6 Å². The van der Waals surface area contributed by atoms with Crippen LogP contribution in [-0.2, 0) is 0 Å². The second-order valence-corrected chi connectivity index (χ2v) is 7.49. The smallest absolute Gasteiger partial charge is 0.252 e. The third-order valence-electron chi connectivity index (χ3n) is 5.44. The van der Waals surface area contributed by atoms with Crippen molar-refractivity contribution in [1.82, 2.24) is 19.9 Å². The van der Waals surface area contributed by atoms with Crippen molar-refractivity contribution < 1.29 is 0 Å². The van der Waals surface area contributed by atoms with Crippen molar-refractivity contribution in [3.05, 3.63) is 28.3 Å². The zero-order valence-corrected chi connectivity index (χ0v) is 15.5. The molecule has 0 atom stereocenters. The fraction of sp³-hybridized carbons (Fsp3) is 0.579. The number of nitrogens with one attached hydrogen (secondary N) is 1. The zero-order chi connectivity index (χ0) is 18.1. The molecule has 7 heteroatoms. The van der Waals surface area contributed by atoms with Gasteiger partial charge in [-0.15, -0.1) is 0 Å². The number of aryl methyl sites for hydroxylation is 1. The molecule has 7 nitrogen and oxygen atoms in total. The molecule has 2 fully saturated rings. The molecule has 0 aromatic carbocycles. The van der Waals surface area contributed by atoms with E-state index in [-0.39, 0.29) is 5.56 Å². The molecular weight excluding hydrogens is 328 g/mol. The van der Waals surface area contributed by atoms with Gasteiger partial charge in [-0.1, -0.05) is 6.92 Å². The van der Waals surface area contributed by atoms with Crippen molar-refractivity contribution in [3.63, 3.8) is 0 Å². The van der Waals surface area contributed by atoms with E-state index in [9.17, 15) is 4.79 Å². The molecule has 0 amide bonds. The first-order valence-corrected chi connectivity index (χ1v) is 9.55. The monoisotopic (exact) mass is 354 g/mol. The van der Waals surface area contributed by atoms with Crippen LogP contribution >= 0.6 is 0 Å². The van der Waals surface area contributed by atoms with Crippen LogP contribution in [0.2, 0.25) is 0 Å². The number of hydrogen-bond donors (Lipinski definition) is 1. The Labute approximate surface area is 153 Å². The lowest BCUT2D eigenvalue weighted by atomic mass is 10.00.